The van der Waals surface area contributed by atoms with Crippen LogP contribution in [0.2, 0.25) is 0 Å². The molecule has 73 heavy (non-hydrogen) atoms. The van der Waals surface area contributed by atoms with Crippen molar-refractivity contribution in [2.45, 2.75) is 348 Å². The molecule has 0 heterocycles. The number of carbonyl (C=O) groups excluding carboxylic acids is 3. The number of ether oxygens (including phenoxy) is 3. The summed E-state index contributed by atoms with van der Waals surface area (Å²) < 4.78 is 16.9. The molecular formula is C67H122O6. The van der Waals surface area contributed by atoms with Crippen molar-refractivity contribution in [2.24, 2.45) is 0 Å². The van der Waals surface area contributed by atoms with E-state index in [4.69, 9.17) is 14.2 Å². The molecule has 0 aliphatic rings. The smallest absolute Gasteiger partial charge is 0.306 e. The summed E-state index contributed by atoms with van der Waals surface area (Å²) in [5, 5.41) is 0. The van der Waals surface area contributed by atoms with E-state index in [1.165, 1.54) is 212 Å². The summed E-state index contributed by atoms with van der Waals surface area (Å²) in [6.45, 7) is 6.59. The van der Waals surface area contributed by atoms with Gasteiger partial charge in [-0.05, 0) is 77.0 Å². The molecule has 0 aromatic heterocycles. The Morgan fingerprint density at radius 3 is 0.836 bits per heavy atom. The average Bonchev–Trinajstić information content (AvgIpc) is 3.39. The third-order valence-electron chi connectivity index (χ3n) is 14.3. The van der Waals surface area contributed by atoms with Crippen molar-refractivity contribution in [2.75, 3.05) is 13.2 Å². The second kappa shape index (κ2) is 61.9. The van der Waals surface area contributed by atoms with Gasteiger partial charge >= 0.3 is 17.9 Å². The summed E-state index contributed by atoms with van der Waals surface area (Å²) in [6.07, 6.45) is 76.9. The zero-order valence-corrected chi connectivity index (χ0v) is 48.9. The van der Waals surface area contributed by atoms with Crippen molar-refractivity contribution in [3.8, 4) is 0 Å². The van der Waals surface area contributed by atoms with Crippen molar-refractivity contribution in [3.63, 3.8) is 0 Å². The van der Waals surface area contributed by atoms with Crippen molar-refractivity contribution in [1.29, 1.82) is 0 Å². The molecule has 6 nitrogen and oxygen atoms in total. The monoisotopic (exact) mass is 1020 g/mol. The van der Waals surface area contributed by atoms with Crippen molar-refractivity contribution in [3.05, 3.63) is 48.6 Å². The molecule has 1 atom stereocenters. The number of carbonyl (C=O) groups is 3. The largest absolute Gasteiger partial charge is 0.462 e. The number of unbranched alkanes of at least 4 members (excludes halogenated alkanes) is 40. The van der Waals surface area contributed by atoms with Crippen LogP contribution in [-0.4, -0.2) is 37.2 Å². The molecule has 0 amide bonds. The number of hydrogen-bond donors (Lipinski definition) is 0. The standard InChI is InChI=1S/C67H122O6/c1-4-7-10-13-16-19-22-25-27-29-31-32-33-34-36-37-39-42-45-48-51-54-57-60-66(69)72-63-64(62-71-65(68)59-56-53-50-47-44-41-24-21-18-15-12-9-6-3)73-67(70)61-58-55-52-49-46-43-40-38-35-30-28-26-23-20-17-14-11-8-5-2/h12,15,17,20-21,24,26,28,64H,4-11,13-14,16,18-19,22-23,25,27,29-63H2,1-3H3/b15-12-,20-17-,24-21-,28-26-. The number of hydrogen-bond acceptors (Lipinski definition) is 6. The zero-order chi connectivity index (χ0) is 52.9. The third kappa shape index (κ3) is 60.1. The lowest BCUT2D eigenvalue weighted by molar-refractivity contribution is -0.167. The van der Waals surface area contributed by atoms with Crippen molar-refractivity contribution >= 4 is 17.9 Å². The van der Waals surface area contributed by atoms with E-state index >= 15 is 0 Å². The van der Waals surface area contributed by atoms with Crippen LogP contribution in [0.1, 0.15) is 342 Å². The van der Waals surface area contributed by atoms with E-state index in [1.54, 1.807) is 0 Å². The van der Waals surface area contributed by atoms with Crippen LogP contribution in [0.4, 0.5) is 0 Å². The average molecular weight is 1020 g/mol. The zero-order valence-electron chi connectivity index (χ0n) is 48.9. The van der Waals surface area contributed by atoms with Gasteiger partial charge in [-0.1, -0.05) is 294 Å². The van der Waals surface area contributed by atoms with Gasteiger partial charge in [0.05, 0.1) is 0 Å². The molecule has 0 rings (SSSR count). The maximum Gasteiger partial charge on any atom is 0.306 e. The van der Waals surface area contributed by atoms with Crippen LogP contribution in [0.15, 0.2) is 48.6 Å². The molecule has 0 fully saturated rings. The summed E-state index contributed by atoms with van der Waals surface area (Å²) in [5.41, 5.74) is 0. The molecule has 0 bridgehead atoms. The van der Waals surface area contributed by atoms with Crippen LogP contribution in [0.3, 0.4) is 0 Å². The normalized spacial score (nSPS) is 12.3. The first-order valence-electron chi connectivity index (χ1n) is 32.1. The highest BCUT2D eigenvalue weighted by atomic mass is 16.6. The Labute approximate surface area is 454 Å². The highest BCUT2D eigenvalue weighted by molar-refractivity contribution is 5.71. The summed E-state index contributed by atoms with van der Waals surface area (Å²) in [4.78, 5) is 38.3. The van der Waals surface area contributed by atoms with Gasteiger partial charge < -0.3 is 14.2 Å². The highest BCUT2D eigenvalue weighted by Gasteiger charge is 2.19. The van der Waals surface area contributed by atoms with Crippen molar-refractivity contribution < 1.29 is 28.6 Å². The summed E-state index contributed by atoms with van der Waals surface area (Å²) >= 11 is 0. The number of esters is 3. The molecular weight excluding hydrogens is 901 g/mol. The number of allylic oxidation sites excluding steroid dienone is 8. The SMILES string of the molecule is CCC/C=C\C/C=C\CCCCCCCC(=O)OCC(COC(=O)CCCCCCCCCCCCCCCCCCCCCCCCC)OC(=O)CCCCCCCCCCC/C=C\C/C=C\CCCCC. The van der Waals surface area contributed by atoms with Gasteiger partial charge in [0, 0.05) is 19.3 Å². The first kappa shape index (κ1) is 70.4. The van der Waals surface area contributed by atoms with Crippen LogP contribution in [0.5, 0.6) is 0 Å². The lowest BCUT2D eigenvalue weighted by Crippen LogP contribution is -2.30. The molecule has 0 saturated heterocycles. The Bertz CT molecular complexity index is 1270. The minimum Gasteiger partial charge on any atom is -0.462 e. The first-order valence-corrected chi connectivity index (χ1v) is 32.1. The van der Waals surface area contributed by atoms with Gasteiger partial charge in [-0.25, -0.2) is 0 Å². The topological polar surface area (TPSA) is 78.9 Å². The van der Waals surface area contributed by atoms with Gasteiger partial charge in [0.1, 0.15) is 13.2 Å². The van der Waals surface area contributed by atoms with Crippen LogP contribution < -0.4 is 0 Å². The Kier molecular flexibility index (Phi) is 59.7. The fourth-order valence-electron chi connectivity index (χ4n) is 9.46. The summed E-state index contributed by atoms with van der Waals surface area (Å²) in [6, 6.07) is 0. The maximum atomic E-state index is 12.9. The molecule has 0 radical (unpaired) electrons. The predicted molar refractivity (Wildman–Crippen MR) is 316 cm³/mol. The van der Waals surface area contributed by atoms with Gasteiger partial charge in [0.25, 0.3) is 0 Å². The van der Waals surface area contributed by atoms with Crippen LogP contribution in [0.25, 0.3) is 0 Å². The van der Waals surface area contributed by atoms with E-state index < -0.39 is 6.10 Å². The second-order valence-corrected chi connectivity index (χ2v) is 21.7. The summed E-state index contributed by atoms with van der Waals surface area (Å²) in [7, 11) is 0. The second-order valence-electron chi connectivity index (χ2n) is 21.7. The van der Waals surface area contributed by atoms with Crippen LogP contribution >= 0.6 is 0 Å². The Hall–Kier alpha value is -2.63. The van der Waals surface area contributed by atoms with E-state index in [1.807, 2.05) is 0 Å². The molecule has 0 aromatic rings. The number of rotatable bonds is 59. The van der Waals surface area contributed by atoms with Gasteiger partial charge in [-0.15, -0.1) is 0 Å². The minimum atomic E-state index is -0.780. The van der Waals surface area contributed by atoms with E-state index in [0.29, 0.717) is 19.3 Å². The minimum absolute atomic E-state index is 0.0759. The Morgan fingerprint density at radius 2 is 0.521 bits per heavy atom. The fourth-order valence-corrected chi connectivity index (χ4v) is 9.46. The van der Waals surface area contributed by atoms with Gasteiger partial charge in [0.15, 0.2) is 6.10 Å². The molecule has 6 heteroatoms. The molecule has 0 aliphatic heterocycles. The van der Waals surface area contributed by atoms with E-state index in [2.05, 4.69) is 69.4 Å². The van der Waals surface area contributed by atoms with E-state index in [-0.39, 0.29) is 31.1 Å². The Morgan fingerprint density at radius 1 is 0.274 bits per heavy atom. The van der Waals surface area contributed by atoms with Crippen molar-refractivity contribution in [1.82, 2.24) is 0 Å². The fraction of sp³-hybridized carbons (Fsp3) is 0.836. The van der Waals surface area contributed by atoms with E-state index in [9.17, 15) is 14.4 Å². The molecule has 0 aromatic carbocycles. The van der Waals surface area contributed by atoms with Gasteiger partial charge in [-0.3, -0.25) is 14.4 Å². The first-order chi connectivity index (χ1) is 36.0. The maximum absolute atomic E-state index is 12.9. The predicted octanol–water partition coefficient (Wildman–Crippen LogP) is 21.8. The van der Waals surface area contributed by atoms with Gasteiger partial charge in [-0.2, -0.15) is 0 Å². The molecule has 0 saturated carbocycles. The third-order valence-corrected chi connectivity index (χ3v) is 14.3. The van der Waals surface area contributed by atoms with Crippen LogP contribution in [0, 0.1) is 0 Å². The molecule has 0 aliphatic carbocycles. The highest BCUT2D eigenvalue weighted by Crippen LogP contribution is 2.18. The van der Waals surface area contributed by atoms with E-state index in [0.717, 1.165) is 89.9 Å². The quantitative estimate of drug-likeness (QED) is 0.0261. The summed E-state index contributed by atoms with van der Waals surface area (Å²) in [5.74, 6) is -0.875. The molecule has 1 unspecified atom stereocenters. The van der Waals surface area contributed by atoms with Gasteiger partial charge in [0.2, 0.25) is 0 Å². The van der Waals surface area contributed by atoms with Crippen LogP contribution in [-0.2, 0) is 28.6 Å². The molecule has 0 spiro atoms. The Balaban J connectivity index is 4.28. The lowest BCUT2D eigenvalue weighted by atomic mass is 10.0. The lowest BCUT2D eigenvalue weighted by Gasteiger charge is -2.18. The molecule has 426 valence electrons. The molecule has 0 N–H and O–H groups in total.